The van der Waals surface area contributed by atoms with Crippen LogP contribution in [0.5, 0.6) is 0 Å². The van der Waals surface area contributed by atoms with Gasteiger partial charge in [-0.1, -0.05) is 18.2 Å². The quantitative estimate of drug-likeness (QED) is 0.918. The lowest BCUT2D eigenvalue weighted by Crippen LogP contribution is -2.04. The van der Waals surface area contributed by atoms with E-state index in [-0.39, 0.29) is 5.56 Å². The molecule has 0 amide bonds. The summed E-state index contributed by atoms with van der Waals surface area (Å²) in [6, 6.07) is 9.96. The van der Waals surface area contributed by atoms with E-state index in [0.717, 1.165) is 0 Å². The predicted molar refractivity (Wildman–Crippen MR) is 62.4 cm³/mol. The summed E-state index contributed by atoms with van der Waals surface area (Å²) in [4.78, 5) is 3.99. The molecule has 1 atom stereocenters. The van der Waals surface area contributed by atoms with E-state index in [1.807, 2.05) is 0 Å². The van der Waals surface area contributed by atoms with Crippen LogP contribution in [0, 0.1) is 5.82 Å². The van der Waals surface area contributed by atoms with E-state index in [4.69, 9.17) is 0 Å². The van der Waals surface area contributed by atoms with Gasteiger partial charge in [0.25, 0.3) is 0 Å². The summed E-state index contributed by atoms with van der Waals surface area (Å²) in [7, 11) is 0. The van der Waals surface area contributed by atoms with Gasteiger partial charge < -0.3 is 5.11 Å². The maximum Gasteiger partial charge on any atom is 0.143 e. The van der Waals surface area contributed by atoms with E-state index in [0.29, 0.717) is 10.2 Å². The van der Waals surface area contributed by atoms with Gasteiger partial charge in [-0.15, -0.1) is 0 Å². The van der Waals surface area contributed by atoms with Gasteiger partial charge in [0.05, 0.1) is 10.2 Å². The Hall–Kier alpha value is -1.26. The molecule has 0 aliphatic rings. The minimum atomic E-state index is -1.04. The number of aromatic nitrogens is 1. The molecule has 16 heavy (non-hydrogen) atoms. The Labute approximate surface area is 101 Å². The van der Waals surface area contributed by atoms with Crippen molar-refractivity contribution >= 4 is 15.9 Å². The highest BCUT2D eigenvalue weighted by molar-refractivity contribution is 9.10. The second kappa shape index (κ2) is 4.72. The topological polar surface area (TPSA) is 33.1 Å². The van der Waals surface area contributed by atoms with Gasteiger partial charge in [-0.05, 0) is 34.1 Å². The van der Waals surface area contributed by atoms with E-state index in [2.05, 4.69) is 20.9 Å². The van der Waals surface area contributed by atoms with Crippen LogP contribution in [0.15, 0.2) is 47.1 Å². The normalized spacial score (nSPS) is 12.4. The van der Waals surface area contributed by atoms with Crippen molar-refractivity contribution in [2.24, 2.45) is 0 Å². The van der Waals surface area contributed by atoms with Gasteiger partial charge in [0.15, 0.2) is 0 Å². The molecule has 0 radical (unpaired) electrons. The van der Waals surface area contributed by atoms with Crippen molar-refractivity contribution in [1.82, 2.24) is 4.98 Å². The van der Waals surface area contributed by atoms with E-state index in [9.17, 15) is 9.50 Å². The van der Waals surface area contributed by atoms with Crippen LogP contribution in [-0.2, 0) is 0 Å². The Balaban J connectivity index is 2.42. The van der Waals surface area contributed by atoms with E-state index in [1.54, 1.807) is 42.6 Å². The third kappa shape index (κ3) is 2.13. The molecule has 2 aromatic rings. The molecule has 0 aliphatic heterocycles. The number of hydrogen-bond acceptors (Lipinski definition) is 2. The molecule has 4 heteroatoms. The van der Waals surface area contributed by atoms with E-state index < -0.39 is 11.9 Å². The van der Waals surface area contributed by atoms with Crippen LogP contribution in [-0.4, -0.2) is 10.1 Å². The first-order valence-corrected chi connectivity index (χ1v) is 5.52. The van der Waals surface area contributed by atoms with Crippen molar-refractivity contribution in [2.75, 3.05) is 0 Å². The van der Waals surface area contributed by atoms with Crippen molar-refractivity contribution in [3.8, 4) is 0 Å². The molecule has 0 saturated carbocycles. The average molecular weight is 282 g/mol. The fourth-order valence-electron chi connectivity index (χ4n) is 1.43. The smallest absolute Gasteiger partial charge is 0.143 e. The van der Waals surface area contributed by atoms with Crippen molar-refractivity contribution < 1.29 is 9.50 Å². The van der Waals surface area contributed by atoms with Crippen molar-refractivity contribution in [1.29, 1.82) is 0 Å². The van der Waals surface area contributed by atoms with Crippen LogP contribution in [0.25, 0.3) is 0 Å². The lowest BCUT2D eigenvalue weighted by atomic mass is 10.1. The lowest BCUT2D eigenvalue weighted by Gasteiger charge is -2.11. The first-order chi connectivity index (χ1) is 7.70. The van der Waals surface area contributed by atoms with Crippen molar-refractivity contribution in [3.63, 3.8) is 0 Å². The number of pyridine rings is 1. The first-order valence-electron chi connectivity index (χ1n) is 4.73. The SMILES string of the molecule is O[C@H](c1ccccn1)c1cccc(Br)c1F. The Morgan fingerprint density at radius 3 is 2.69 bits per heavy atom. The largest absolute Gasteiger partial charge is 0.382 e. The van der Waals surface area contributed by atoms with Gasteiger partial charge >= 0.3 is 0 Å². The fourth-order valence-corrected chi connectivity index (χ4v) is 1.81. The molecule has 0 spiro atoms. The van der Waals surface area contributed by atoms with Gasteiger partial charge in [0.2, 0.25) is 0 Å². The molecule has 0 unspecified atom stereocenters. The number of aliphatic hydroxyl groups excluding tert-OH is 1. The Bertz CT molecular complexity index is 490. The first kappa shape index (κ1) is 11.2. The Morgan fingerprint density at radius 1 is 1.19 bits per heavy atom. The number of rotatable bonds is 2. The van der Waals surface area contributed by atoms with Crippen molar-refractivity contribution in [2.45, 2.75) is 6.10 Å². The van der Waals surface area contributed by atoms with Crippen LogP contribution < -0.4 is 0 Å². The second-order valence-electron chi connectivity index (χ2n) is 3.30. The van der Waals surface area contributed by atoms with Gasteiger partial charge in [0.1, 0.15) is 11.9 Å². The number of nitrogens with zero attached hydrogens (tertiary/aromatic N) is 1. The zero-order valence-corrected chi connectivity index (χ0v) is 9.86. The molecule has 1 aromatic heterocycles. The van der Waals surface area contributed by atoms with E-state index >= 15 is 0 Å². The number of aliphatic hydroxyl groups is 1. The molecule has 2 rings (SSSR count). The van der Waals surface area contributed by atoms with Crippen LogP contribution in [0.2, 0.25) is 0 Å². The third-order valence-electron chi connectivity index (χ3n) is 2.24. The summed E-state index contributed by atoms with van der Waals surface area (Å²) in [6.45, 7) is 0. The van der Waals surface area contributed by atoms with Crippen LogP contribution in [0.4, 0.5) is 4.39 Å². The summed E-state index contributed by atoms with van der Waals surface area (Å²) >= 11 is 3.08. The van der Waals surface area contributed by atoms with Crippen LogP contribution >= 0.6 is 15.9 Å². The summed E-state index contributed by atoms with van der Waals surface area (Å²) < 4.78 is 14.0. The molecule has 0 aliphatic carbocycles. The summed E-state index contributed by atoms with van der Waals surface area (Å²) in [5.41, 5.74) is 0.646. The van der Waals surface area contributed by atoms with Crippen molar-refractivity contribution in [3.05, 3.63) is 64.1 Å². The third-order valence-corrected chi connectivity index (χ3v) is 2.86. The molecule has 2 nitrogen and oxygen atoms in total. The predicted octanol–water partition coefficient (Wildman–Crippen LogP) is 3.06. The van der Waals surface area contributed by atoms with Gasteiger partial charge in [-0.3, -0.25) is 4.98 Å². The average Bonchev–Trinajstić information content (AvgIpc) is 2.33. The molecule has 0 fully saturated rings. The standard InChI is InChI=1S/C12H9BrFNO/c13-9-5-3-4-8(11(9)14)12(16)10-6-1-2-7-15-10/h1-7,12,16H/t12-/m0/s1. The maximum absolute atomic E-state index is 13.7. The zero-order chi connectivity index (χ0) is 11.5. The molecular formula is C12H9BrFNO. The molecule has 82 valence electrons. The highest BCUT2D eigenvalue weighted by Crippen LogP contribution is 2.26. The van der Waals surface area contributed by atoms with Crippen LogP contribution in [0.3, 0.4) is 0 Å². The highest BCUT2D eigenvalue weighted by atomic mass is 79.9. The van der Waals surface area contributed by atoms with E-state index in [1.165, 1.54) is 0 Å². The zero-order valence-electron chi connectivity index (χ0n) is 8.27. The van der Waals surface area contributed by atoms with Crippen LogP contribution in [0.1, 0.15) is 17.4 Å². The summed E-state index contributed by atoms with van der Waals surface area (Å²) in [5, 5.41) is 9.97. The molecule has 1 N–H and O–H groups in total. The highest BCUT2D eigenvalue weighted by Gasteiger charge is 2.17. The van der Waals surface area contributed by atoms with Gasteiger partial charge in [-0.25, -0.2) is 4.39 Å². The number of benzene rings is 1. The Morgan fingerprint density at radius 2 is 2.00 bits per heavy atom. The second-order valence-corrected chi connectivity index (χ2v) is 4.15. The minimum Gasteiger partial charge on any atom is -0.382 e. The number of halogens is 2. The lowest BCUT2D eigenvalue weighted by molar-refractivity contribution is 0.210. The fraction of sp³-hybridized carbons (Fsp3) is 0.0833. The molecular weight excluding hydrogens is 273 g/mol. The molecule has 0 saturated heterocycles. The minimum absolute atomic E-state index is 0.216. The monoisotopic (exact) mass is 281 g/mol. The van der Waals surface area contributed by atoms with Gasteiger partial charge in [-0.2, -0.15) is 0 Å². The summed E-state index contributed by atoms with van der Waals surface area (Å²) in [6.07, 6.45) is 0.521. The molecule has 1 heterocycles. The Kier molecular flexibility index (Phi) is 3.31. The maximum atomic E-state index is 13.7. The summed E-state index contributed by atoms with van der Waals surface area (Å²) in [5.74, 6) is -0.458. The molecule has 1 aromatic carbocycles. The van der Waals surface area contributed by atoms with Gasteiger partial charge in [0, 0.05) is 11.8 Å². The molecule has 0 bridgehead atoms. The number of hydrogen-bond donors (Lipinski definition) is 1.